The van der Waals surface area contributed by atoms with Crippen LogP contribution in [0.15, 0.2) is 65.6 Å². The van der Waals surface area contributed by atoms with Gasteiger partial charge in [-0.25, -0.2) is 4.79 Å². The smallest absolute Gasteiger partial charge is 0.407 e. The first-order chi connectivity index (χ1) is 14.9. The Morgan fingerprint density at radius 1 is 1.03 bits per heavy atom. The Morgan fingerprint density at radius 2 is 1.81 bits per heavy atom. The normalized spacial score (nSPS) is 13.4. The number of hydrogen-bond acceptors (Lipinski definition) is 2. The van der Waals surface area contributed by atoms with E-state index in [9.17, 15) is 14.7 Å². The van der Waals surface area contributed by atoms with Gasteiger partial charge in [0.15, 0.2) is 0 Å². The topological polar surface area (TPSA) is 67.5 Å². The maximum atomic E-state index is 12.9. The van der Waals surface area contributed by atoms with Gasteiger partial charge in [0, 0.05) is 42.0 Å². The Balaban J connectivity index is 1.55. The van der Waals surface area contributed by atoms with Crippen molar-refractivity contribution >= 4 is 28.6 Å². The average molecular weight is 434 g/mol. The molecule has 3 heterocycles. The fourth-order valence-corrected chi connectivity index (χ4v) is 4.50. The van der Waals surface area contributed by atoms with E-state index >= 15 is 0 Å². The molecular formula is C24H20ClN3O3. The second-order valence-corrected chi connectivity index (χ2v) is 8.21. The molecule has 0 fully saturated rings. The Labute approximate surface area is 183 Å². The van der Waals surface area contributed by atoms with Gasteiger partial charge in [-0.2, -0.15) is 0 Å². The van der Waals surface area contributed by atoms with Crippen LogP contribution in [0.25, 0.3) is 27.7 Å². The van der Waals surface area contributed by atoms with Gasteiger partial charge in [0.1, 0.15) is 0 Å². The van der Waals surface area contributed by atoms with Crippen molar-refractivity contribution in [2.24, 2.45) is 7.05 Å². The molecule has 2 aromatic carbocycles. The molecule has 5 rings (SSSR count). The molecule has 7 heteroatoms. The van der Waals surface area contributed by atoms with Gasteiger partial charge in [-0.3, -0.25) is 9.36 Å². The zero-order valence-corrected chi connectivity index (χ0v) is 17.6. The summed E-state index contributed by atoms with van der Waals surface area (Å²) in [6, 6.07) is 16.9. The summed E-state index contributed by atoms with van der Waals surface area (Å²) in [7, 11) is 1.95. The second-order valence-electron chi connectivity index (χ2n) is 7.77. The van der Waals surface area contributed by atoms with Crippen molar-refractivity contribution in [3.63, 3.8) is 0 Å². The molecule has 0 saturated heterocycles. The molecule has 1 N–H and O–H groups in total. The van der Waals surface area contributed by atoms with E-state index in [1.807, 2.05) is 48.0 Å². The van der Waals surface area contributed by atoms with Crippen molar-refractivity contribution in [2.75, 3.05) is 6.54 Å². The van der Waals surface area contributed by atoms with Crippen LogP contribution >= 0.6 is 11.6 Å². The van der Waals surface area contributed by atoms with Crippen molar-refractivity contribution in [2.45, 2.75) is 13.0 Å². The molecule has 1 aliphatic heterocycles. The van der Waals surface area contributed by atoms with Crippen LogP contribution in [-0.2, 0) is 20.0 Å². The molecule has 0 bridgehead atoms. The van der Waals surface area contributed by atoms with Crippen molar-refractivity contribution < 1.29 is 9.90 Å². The summed E-state index contributed by atoms with van der Waals surface area (Å²) in [5.74, 6) is 0. The fourth-order valence-electron chi connectivity index (χ4n) is 4.37. The number of nitrogens with zero attached hydrogens (tertiary/aromatic N) is 3. The number of rotatable bonds is 2. The van der Waals surface area contributed by atoms with Gasteiger partial charge in [-0.1, -0.05) is 29.8 Å². The first-order valence-corrected chi connectivity index (χ1v) is 10.4. The number of amides is 1. The molecule has 0 saturated carbocycles. The highest BCUT2D eigenvalue weighted by molar-refractivity contribution is 6.30. The van der Waals surface area contributed by atoms with E-state index in [1.165, 1.54) is 10.5 Å². The quantitative estimate of drug-likeness (QED) is 0.499. The summed E-state index contributed by atoms with van der Waals surface area (Å²) in [5.41, 5.74) is 5.60. The summed E-state index contributed by atoms with van der Waals surface area (Å²) >= 11 is 5.96. The van der Waals surface area contributed by atoms with Crippen molar-refractivity contribution in [3.8, 4) is 16.8 Å². The van der Waals surface area contributed by atoms with E-state index in [1.54, 1.807) is 29.0 Å². The van der Waals surface area contributed by atoms with Crippen LogP contribution in [0.4, 0.5) is 4.79 Å². The number of aryl methyl sites for hydroxylation is 1. The van der Waals surface area contributed by atoms with Crippen LogP contribution in [0, 0.1) is 0 Å². The summed E-state index contributed by atoms with van der Waals surface area (Å²) < 4.78 is 3.66. The van der Waals surface area contributed by atoms with E-state index in [0.29, 0.717) is 24.5 Å². The molecule has 31 heavy (non-hydrogen) atoms. The minimum atomic E-state index is -0.899. The van der Waals surface area contributed by atoms with Gasteiger partial charge in [-0.05, 0) is 53.4 Å². The number of hydrogen-bond donors (Lipinski definition) is 1. The SMILES string of the molecule is Cn1c2c(c3ccc(-n4ccc(-c5ccc(Cl)cc5)cc4=O)cc31)CCN(C(=O)O)C2. The second kappa shape index (κ2) is 7.32. The summed E-state index contributed by atoms with van der Waals surface area (Å²) in [5, 5.41) is 11.1. The maximum absolute atomic E-state index is 12.9. The predicted octanol–water partition coefficient (Wildman–Crippen LogP) is 4.69. The molecule has 0 radical (unpaired) electrons. The molecule has 1 amide bonds. The van der Waals surface area contributed by atoms with Gasteiger partial charge >= 0.3 is 6.09 Å². The monoisotopic (exact) mass is 433 g/mol. The Bertz CT molecular complexity index is 1390. The van der Waals surface area contributed by atoms with Crippen LogP contribution < -0.4 is 5.56 Å². The Kier molecular flexibility index (Phi) is 4.59. The minimum absolute atomic E-state index is 0.122. The molecule has 0 unspecified atom stereocenters. The third-order valence-electron chi connectivity index (χ3n) is 6.04. The van der Waals surface area contributed by atoms with E-state index in [2.05, 4.69) is 0 Å². The maximum Gasteiger partial charge on any atom is 0.407 e. The first-order valence-electron chi connectivity index (χ1n) is 9.99. The lowest BCUT2D eigenvalue weighted by molar-refractivity contribution is 0.139. The Morgan fingerprint density at radius 3 is 2.52 bits per heavy atom. The van der Waals surface area contributed by atoms with Crippen LogP contribution in [0.5, 0.6) is 0 Å². The average Bonchev–Trinajstić information content (AvgIpc) is 3.05. The third kappa shape index (κ3) is 3.29. The number of carbonyl (C=O) groups is 1. The van der Waals surface area contributed by atoms with Gasteiger partial charge in [0.25, 0.3) is 5.56 Å². The van der Waals surface area contributed by atoms with Crippen molar-refractivity contribution in [1.29, 1.82) is 0 Å². The van der Waals surface area contributed by atoms with Crippen LogP contribution in [0.3, 0.4) is 0 Å². The number of pyridine rings is 1. The molecule has 0 spiro atoms. The summed E-state index contributed by atoms with van der Waals surface area (Å²) in [4.78, 5) is 25.7. The molecule has 2 aromatic heterocycles. The van der Waals surface area contributed by atoms with Crippen LogP contribution in [0.1, 0.15) is 11.3 Å². The highest BCUT2D eigenvalue weighted by Gasteiger charge is 2.25. The number of aromatic nitrogens is 2. The van der Waals surface area contributed by atoms with Crippen LogP contribution in [0.2, 0.25) is 5.02 Å². The molecule has 6 nitrogen and oxygen atoms in total. The lowest BCUT2D eigenvalue weighted by Gasteiger charge is -2.25. The predicted molar refractivity (Wildman–Crippen MR) is 121 cm³/mol. The fraction of sp³-hybridized carbons (Fsp3) is 0.167. The third-order valence-corrected chi connectivity index (χ3v) is 6.29. The Hall–Kier alpha value is -3.51. The number of fused-ring (bicyclic) bond motifs is 3. The highest BCUT2D eigenvalue weighted by Crippen LogP contribution is 2.31. The van der Waals surface area contributed by atoms with E-state index in [-0.39, 0.29) is 5.56 Å². The lowest BCUT2D eigenvalue weighted by atomic mass is 10.0. The molecule has 4 aromatic rings. The molecule has 1 aliphatic rings. The summed E-state index contributed by atoms with van der Waals surface area (Å²) in [6.45, 7) is 0.871. The first kappa shape index (κ1) is 19.5. The summed E-state index contributed by atoms with van der Waals surface area (Å²) in [6.07, 6.45) is 1.57. The van der Waals surface area contributed by atoms with Crippen LogP contribution in [-0.4, -0.2) is 31.8 Å². The van der Waals surface area contributed by atoms with Crippen molar-refractivity contribution in [3.05, 3.63) is 87.4 Å². The molecule has 156 valence electrons. The lowest BCUT2D eigenvalue weighted by Crippen LogP contribution is -2.35. The van der Waals surface area contributed by atoms with Gasteiger partial charge in [0.2, 0.25) is 0 Å². The van der Waals surface area contributed by atoms with Gasteiger partial charge in [0.05, 0.1) is 17.7 Å². The largest absolute Gasteiger partial charge is 0.465 e. The standard InChI is InChI=1S/C24H20ClN3O3/c1-26-21-13-18(6-7-19(21)20-9-10-27(24(30)31)14-22(20)26)28-11-8-16(12-23(28)29)15-2-4-17(25)5-3-15/h2-8,11-13H,9-10,14H2,1H3,(H,30,31). The molecule has 0 aliphatic carbocycles. The number of halogens is 1. The van der Waals surface area contributed by atoms with E-state index in [4.69, 9.17) is 11.6 Å². The highest BCUT2D eigenvalue weighted by atomic mass is 35.5. The zero-order valence-electron chi connectivity index (χ0n) is 16.9. The zero-order chi connectivity index (χ0) is 21.7. The number of benzene rings is 2. The van der Waals surface area contributed by atoms with E-state index < -0.39 is 6.09 Å². The minimum Gasteiger partial charge on any atom is -0.465 e. The van der Waals surface area contributed by atoms with Gasteiger partial charge < -0.3 is 14.6 Å². The van der Waals surface area contributed by atoms with E-state index in [0.717, 1.165) is 33.4 Å². The molecular weight excluding hydrogens is 414 g/mol. The number of carboxylic acid groups (broad SMARTS) is 1. The van der Waals surface area contributed by atoms with Gasteiger partial charge in [-0.15, -0.1) is 0 Å². The molecule has 0 atom stereocenters. The van der Waals surface area contributed by atoms with Crippen molar-refractivity contribution in [1.82, 2.24) is 14.0 Å².